The summed E-state index contributed by atoms with van der Waals surface area (Å²) in [5.74, 6) is 0.0348. The molecule has 0 spiro atoms. The van der Waals surface area contributed by atoms with E-state index in [0.29, 0.717) is 12.2 Å². The number of carbonyl (C=O) groups is 2. The summed E-state index contributed by atoms with van der Waals surface area (Å²) in [5.41, 5.74) is 2.16. The Bertz CT molecular complexity index is 1060. The number of pyridine rings is 1. The summed E-state index contributed by atoms with van der Waals surface area (Å²) in [5, 5.41) is 0. The van der Waals surface area contributed by atoms with E-state index in [-0.39, 0.29) is 24.3 Å². The van der Waals surface area contributed by atoms with Crippen molar-refractivity contribution in [1.29, 1.82) is 0 Å². The highest BCUT2D eigenvalue weighted by molar-refractivity contribution is 5.92. The quantitative estimate of drug-likeness (QED) is 0.360. The van der Waals surface area contributed by atoms with E-state index < -0.39 is 5.97 Å². The zero-order valence-corrected chi connectivity index (χ0v) is 18.4. The largest absolute Gasteiger partial charge is 0.494 e. The van der Waals surface area contributed by atoms with Crippen LogP contribution in [0.25, 0.3) is 6.08 Å². The first-order valence-corrected chi connectivity index (χ1v) is 10.3. The van der Waals surface area contributed by atoms with Crippen LogP contribution in [0.5, 0.6) is 5.75 Å². The van der Waals surface area contributed by atoms with Gasteiger partial charge in [0, 0.05) is 17.8 Å². The van der Waals surface area contributed by atoms with E-state index in [2.05, 4.69) is 4.98 Å². The van der Waals surface area contributed by atoms with Crippen molar-refractivity contribution >= 4 is 18.0 Å². The first-order chi connectivity index (χ1) is 15.5. The molecule has 0 saturated heterocycles. The maximum atomic E-state index is 13.2. The Balaban J connectivity index is 1.85. The second kappa shape index (κ2) is 10.9. The molecule has 166 valence electrons. The first-order valence-electron chi connectivity index (χ1n) is 10.3. The maximum Gasteiger partial charge on any atom is 0.374 e. The second-order valence-corrected chi connectivity index (χ2v) is 7.00. The second-order valence-electron chi connectivity index (χ2n) is 7.00. The van der Waals surface area contributed by atoms with Crippen LogP contribution in [0.15, 0.2) is 71.5 Å². The van der Waals surface area contributed by atoms with Gasteiger partial charge in [-0.1, -0.05) is 18.2 Å². The lowest BCUT2D eigenvalue weighted by Gasteiger charge is -2.28. The van der Waals surface area contributed by atoms with Gasteiger partial charge < -0.3 is 18.8 Å². The van der Waals surface area contributed by atoms with E-state index in [1.807, 2.05) is 56.3 Å². The van der Waals surface area contributed by atoms with E-state index in [0.717, 1.165) is 17.0 Å². The van der Waals surface area contributed by atoms with Gasteiger partial charge in [-0.15, -0.1) is 0 Å². The molecule has 1 aromatic carbocycles. The van der Waals surface area contributed by atoms with Crippen molar-refractivity contribution in [3.8, 4) is 5.75 Å². The van der Waals surface area contributed by atoms with Gasteiger partial charge in [-0.25, -0.2) is 4.79 Å². The first kappa shape index (κ1) is 22.8. The summed E-state index contributed by atoms with van der Waals surface area (Å²) >= 11 is 0. The van der Waals surface area contributed by atoms with Gasteiger partial charge >= 0.3 is 5.97 Å². The van der Waals surface area contributed by atoms with E-state index in [4.69, 9.17) is 13.9 Å². The van der Waals surface area contributed by atoms with Gasteiger partial charge in [0.2, 0.25) is 11.7 Å². The van der Waals surface area contributed by atoms with Gasteiger partial charge in [0.05, 0.1) is 38.3 Å². The van der Waals surface area contributed by atoms with Crippen LogP contribution in [0.3, 0.4) is 0 Å². The van der Waals surface area contributed by atoms with Crippen LogP contribution in [0, 0.1) is 0 Å². The molecule has 1 amide bonds. The molecule has 32 heavy (non-hydrogen) atoms. The molecule has 1 atom stereocenters. The number of nitrogens with zero attached hydrogens (tertiary/aromatic N) is 2. The minimum absolute atomic E-state index is 0.0778. The van der Waals surface area contributed by atoms with Crippen molar-refractivity contribution in [2.45, 2.75) is 26.4 Å². The smallest absolute Gasteiger partial charge is 0.374 e. The number of esters is 1. The summed E-state index contributed by atoms with van der Waals surface area (Å²) in [7, 11) is 1.29. The predicted octanol–water partition coefficient (Wildman–Crippen LogP) is 4.66. The van der Waals surface area contributed by atoms with Crippen LogP contribution in [0.4, 0.5) is 0 Å². The standard InChI is InChI=1S/C25H26N2O5/c1-4-31-21-11-8-19(9-12-21)10-13-23(28)27(18(2)22-7-5-6-15-26-22)17-20-14-16-32-24(20)25(29)30-3/h5-16,18H,4,17H2,1-3H3/b13-10+. The molecule has 0 fully saturated rings. The number of benzene rings is 1. The Hall–Kier alpha value is -3.87. The van der Waals surface area contributed by atoms with Crippen molar-refractivity contribution < 1.29 is 23.5 Å². The monoisotopic (exact) mass is 434 g/mol. The van der Waals surface area contributed by atoms with Crippen molar-refractivity contribution in [3.63, 3.8) is 0 Å². The number of aromatic nitrogens is 1. The zero-order chi connectivity index (χ0) is 22.9. The molecule has 2 heterocycles. The highest BCUT2D eigenvalue weighted by Gasteiger charge is 2.25. The fourth-order valence-electron chi connectivity index (χ4n) is 3.21. The summed E-state index contributed by atoms with van der Waals surface area (Å²) < 4.78 is 15.5. The molecule has 0 saturated carbocycles. The van der Waals surface area contributed by atoms with Crippen molar-refractivity contribution in [2.75, 3.05) is 13.7 Å². The van der Waals surface area contributed by atoms with Crippen LogP contribution >= 0.6 is 0 Å². The highest BCUT2D eigenvalue weighted by Crippen LogP contribution is 2.24. The normalized spacial score (nSPS) is 11.8. The molecule has 7 heteroatoms. The average Bonchev–Trinajstić information content (AvgIpc) is 3.30. The Morgan fingerprint density at radius 2 is 1.94 bits per heavy atom. The van der Waals surface area contributed by atoms with E-state index >= 15 is 0 Å². The van der Waals surface area contributed by atoms with Crippen LogP contribution in [0.2, 0.25) is 0 Å². The SMILES string of the molecule is CCOc1ccc(/C=C/C(=O)N(Cc2ccoc2C(=O)OC)C(C)c2ccccn2)cc1. The molecule has 2 aromatic heterocycles. The fourth-order valence-corrected chi connectivity index (χ4v) is 3.21. The Labute approximate surface area is 187 Å². The molecule has 1 unspecified atom stereocenters. The predicted molar refractivity (Wildman–Crippen MR) is 120 cm³/mol. The van der Waals surface area contributed by atoms with Crippen LogP contribution < -0.4 is 4.74 Å². The molecule has 0 aliphatic rings. The topological polar surface area (TPSA) is 81.9 Å². The zero-order valence-electron chi connectivity index (χ0n) is 18.4. The number of rotatable bonds is 9. The molecule has 0 aliphatic carbocycles. The van der Waals surface area contributed by atoms with Crippen LogP contribution in [-0.2, 0) is 16.1 Å². The van der Waals surface area contributed by atoms with E-state index in [1.165, 1.54) is 19.4 Å². The van der Waals surface area contributed by atoms with Gasteiger partial charge in [-0.05, 0) is 55.8 Å². The summed E-state index contributed by atoms with van der Waals surface area (Å²) in [6.45, 7) is 4.57. The lowest BCUT2D eigenvalue weighted by Crippen LogP contribution is -2.32. The number of furan rings is 1. The number of hydrogen-bond acceptors (Lipinski definition) is 6. The van der Waals surface area contributed by atoms with Crippen LogP contribution in [0.1, 0.15) is 47.3 Å². The molecule has 0 N–H and O–H groups in total. The molecule has 0 bridgehead atoms. The summed E-state index contributed by atoms with van der Waals surface area (Å²) in [6, 6.07) is 14.3. The van der Waals surface area contributed by atoms with Gasteiger partial charge in [-0.2, -0.15) is 0 Å². The molecular weight excluding hydrogens is 408 g/mol. The van der Waals surface area contributed by atoms with Crippen molar-refractivity contribution in [1.82, 2.24) is 9.88 Å². The summed E-state index contributed by atoms with van der Waals surface area (Å²) in [6.07, 6.45) is 6.34. The average molecular weight is 434 g/mol. The highest BCUT2D eigenvalue weighted by atomic mass is 16.5. The maximum absolute atomic E-state index is 13.2. The van der Waals surface area contributed by atoms with Crippen LogP contribution in [-0.4, -0.2) is 35.5 Å². The third-order valence-corrected chi connectivity index (χ3v) is 4.93. The van der Waals surface area contributed by atoms with Crippen molar-refractivity contribution in [2.24, 2.45) is 0 Å². The van der Waals surface area contributed by atoms with Crippen molar-refractivity contribution in [3.05, 3.63) is 89.6 Å². The molecule has 0 radical (unpaired) electrons. The number of carbonyl (C=O) groups excluding carboxylic acids is 2. The Morgan fingerprint density at radius 3 is 2.59 bits per heavy atom. The summed E-state index contributed by atoms with van der Waals surface area (Å²) in [4.78, 5) is 31.2. The third kappa shape index (κ3) is 5.63. The van der Waals surface area contributed by atoms with Gasteiger partial charge in [0.15, 0.2) is 0 Å². The fraction of sp³-hybridized carbons (Fsp3) is 0.240. The number of hydrogen-bond donors (Lipinski definition) is 0. The number of methoxy groups -OCH3 is 1. The lowest BCUT2D eigenvalue weighted by molar-refractivity contribution is -0.128. The molecule has 3 rings (SSSR count). The minimum Gasteiger partial charge on any atom is -0.494 e. The third-order valence-electron chi connectivity index (χ3n) is 4.93. The Kier molecular flexibility index (Phi) is 7.80. The molecule has 3 aromatic rings. The molecule has 7 nitrogen and oxygen atoms in total. The minimum atomic E-state index is -0.590. The van der Waals surface area contributed by atoms with E-state index in [9.17, 15) is 9.59 Å². The van der Waals surface area contributed by atoms with Gasteiger partial charge in [-0.3, -0.25) is 9.78 Å². The lowest BCUT2D eigenvalue weighted by atomic mass is 10.1. The van der Waals surface area contributed by atoms with Gasteiger partial charge in [0.1, 0.15) is 5.75 Å². The van der Waals surface area contributed by atoms with Gasteiger partial charge in [0.25, 0.3) is 0 Å². The van der Waals surface area contributed by atoms with E-state index in [1.54, 1.807) is 23.2 Å². The number of ether oxygens (including phenoxy) is 2. The Morgan fingerprint density at radius 1 is 1.16 bits per heavy atom. The number of amides is 1. The molecular formula is C25H26N2O5. The molecule has 0 aliphatic heterocycles.